The summed E-state index contributed by atoms with van der Waals surface area (Å²) in [6, 6.07) is 12.0. The molecule has 0 radical (unpaired) electrons. The highest BCUT2D eigenvalue weighted by Crippen LogP contribution is 2.39. The maximum Gasteiger partial charge on any atom is 0.145 e. The quantitative estimate of drug-likeness (QED) is 0.665. The summed E-state index contributed by atoms with van der Waals surface area (Å²) in [5.41, 5.74) is 3.25. The van der Waals surface area contributed by atoms with Crippen molar-refractivity contribution in [2.24, 2.45) is 0 Å². The van der Waals surface area contributed by atoms with Gasteiger partial charge in [0.05, 0.1) is 15.8 Å². The lowest BCUT2D eigenvalue weighted by molar-refractivity contribution is 0.338. The van der Waals surface area contributed by atoms with Crippen LogP contribution in [0.5, 0.6) is 5.75 Å². The number of para-hydroxylation sites is 2. The van der Waals surface area contributed by atoms with Crippen LogP contribution in [-0.2, 0) is 6.42 Å². The van der Waals surface area contributed by atoms with E-state index in [2.05, 4.69) is 17.4 Å². The lowest BCUT2D eigenvalue weighted by Crippen LogP contribution is -2.08. The van der Waals surface area contributed by atoms with E-state index in [4.69, 9.17) is 21.4 Å². The van der Waals surface area contributed by atoms with Crippen LogP contribution >= 0.6 is 22.9 Å². The van der Waals surface area contributed by atoms with Crippen LogP contribution in [0.3, 0.4) is 0 Å². The van der Waals surface area contributed by atoms with Gasteiger partial charge in [-0.05, 0) is 50.5 Å². The molecule has 0 unspecified atom stereocenters. The van der Waals surface area contributed by atoms with E-state index in [0.29, 0.717) is 6.61 Å². The van der Waals surface area contributed by atoms with Crippen LogP contribution in [0.25, 0.3) is 16.3 Å². The molecular formula is C19H20ClN3OS. The monoisotopic (exact) mass is 373 g/mol. The maximum absolute atomic E-state index is 6.16. The second kappa shape index (κ2) is 7.10. The van der Waals surface area contributed by atoms with Crippen LogP contribution in [-0.4, -0.2) is 22.9 Å². The Morgan fingerprint density at radius 3 is 2.92 bits per heavy atom. The van der Waals surface area contributed by atoms with Crippen molar-refractivity contribution in [3.8, 4) is 22.0 Å². The first-order valence-electron chi connectivity index (χ1n) is 8.61. The number of ether oxygens (including phenoxy) is 1. The number of rotatable bonds is 4. The Hall–Kier alpha value is -1.98. The fourth-order valence-corrected chi connectivity index (χ4v) is 4.28. The molecule has 0 saturated carbocycles. The molecule has 2 aromatic heterocycles. The Balaban J connectivity index is 1.90. The van der Waals surface area contributed by atoms with Gasteiger partial charge < -0.3 is 10.1 Å². The molecule has 1 aliphatic heterocycles. The third-order valence-corrected chi connectivity index (χ3v) is 5.57. The zero-order chi connectivity index (χ0) is 17.2. The minimum Gasteiger partial charge on any atom is -0.492 e. The van der Waals surface area contributed by atoms with Gasteiger partial charge in [0.2, 0.25) is 0 Å². The number of benzene rings is 1. The van der Waals surface area contributed by atoms with Crippen LogP contribution in [0.4, 0.5) is 5.82 Å². The van der Waals surface area contributed by atoms with Crippen molar-refractivity contribution in [3.05, 3.63) is 46.3 Å². The molecule has 1 aliphatic rings. The number of hydrogen-bond donors (Lipinski definition) is 1. The molecule has 0 bridgehead atoms. The Morgan fingerprint density at radius 2 is 2.12 bits per heavy atom. The first-order chi connectivity index (χ1) is 12.3. The van der Waals surface area contributed by atoms with E-state index in [0.717, 1.165) is 58.0 Å². The molecule has 3 heterocycles. The minimum absolute atomic E-state index is 0.626. The van der Waals surface area contributed by atoms with E-state index in [1.165, 1.54) is 5.56 Å². The zero-order valence-electron chi connectivity index (χ0n) is 14.1. The Morgan fingerprint density at radius 1 is 1.24 bits per heavy atom. The molecule has 0 fully saturated rings. The van der Waals surface area contributed by atoms with Crippen LogP contribution < -0.4 is 10.1 Å². The topological polar surface area (TPSA) is 39.1 Å². The molecule has 3 aromatic rings. The summed E-state index contributed by atoms with van der Waals surface area (Å²) in [5, 5.41) is 8.53. The summed E-state index contributed by atoms with van der Waals surface area (Å²) in [5.74, 6) is 1.92. The Bertz CT molecular complexity index is 887. The number of halogens is 1. The number of anilines is 1. The Kier molecular flexibility index (Phi) is 4.68. The zero-order valence-corrected chi connectivity index (χ0v) is 15.7. The molecule has 25 heavy (non-hydrogen) atoms. The highest BCUT2D eigenvalue weighted by molar-refractivity contribution is 7.19. The van der Waals surface area contributed by atoms with E-state index in [9.17, 15) is 0 Å². The average molecular weight is 374 g/mol. The van der Waals surface area contributed by atoms with Crippen molar-refractivity contribution >= 4 is 28.8 Å². The molecule has 0 amide bonds. The van der Waals surface area contributed by atoms with Crippen LogP contribution in [0.15, 0.2) is 36.4 Å². The van der Waals surface area contributed by atoms with Gasteiger partial charge in [-0.15, -0.1) is 11.3 Å². The first-order valence-corrected chi connectivity index (χ1v) is 9.81. The highest BCUT2D eigenvalue weighted by Gasteiger charge is 2.23. The average Bonchev–Trinajstić information content (AvgIpc) is 3.11. The molecule has 0 saturated heterocycles. The molecular weight excluding hydrogens is 354 g/mol. The van der Waals surface area contributed by atoms with E-state index in [-0.39, 0.29) is 0 Å². The molecule has 1 N–H and O–H groups in total. The molecule has 4 nitrogen and oxygen atoms in total. The summed E-state index contributed by atoms with van der Waals surface area (Å²) in [4.78, 5) is 1.11. The van der Waals surface area contributed by atoms with Crippen LogP contribution in [0.2, 0.25) is 4.34 Å². The van der Waals surface area contributed by atoms with Gasteiger partial charge in [-0.1, -0.05) is 23.7 Å². The van der Waals surface area contributed by atoms with Crippen molar-refractivity contribution in [1.82, 2.24) is 9.78 Å². The lowest BCUT2D eigenvalue weighted by atomic mass is 10.1. The third kappa shape index (κ3) is 3.14. The number of aromatic nitrogens is 2. The molecule has 0 atom stereocenters. The van der Waals surface area contributed by atoms with Crippen molar-refractivity contribution < 1.29 is 4.74 Å². The summed E-state index contributed by atoms with van der Waals surface area (Å²) in [6.07, 6.45) is 3.33. The molecule has 130 valence electrons. The SMILES string of the molecule is CCOc1ccccc1-n1nc(-c2ccc(Cl)s2)c2c1NCCCC2. The number of thiophene rings is 1. The number of nitrogens with one attached hydrogen (secondary N) is 1. The summed E-state index contributed by atoms with van der Waals surface area (Å²) in [7, 11) is 0. The van der Waals surface area contributed by atoms with E-state index in [1.807, 2.05) is 35.9 Å². The molecule has 0 spiro atoms. The number of fused-ring (bicyclic) bond motifs is 1. The smallest absolute Gasteiger partial charge is 0.145 e. The molecule has 6 heteroatoms. The van der Waals surface area contributed by atoms with Gasteiger partial charge in [0.1, 0.15) is 22.9 Å². The largest absolute Gasteiger partial charge is 0.492 e. The van der Waals surface area contributed by atoms with E-state index in [1.54, 1.807) is 11.3 Å². The lowest BCUT2D eigenvalue weighted by Gasteiger charge is -2.13. The summed E-state index contributed by atoms with van der Waals surface area (Å²) in [6.45, 7) is 3.58. The van der Waals surface area contributed by atoms with Gasteiger partial charge in [0, 0.05) is 12.1 Å². The van der Waals surface area contributed by atoms with Gasteiger partial charge in [-0.2, -0.15) is 5.10 Å². The summed E-state index contributed by atoms with van der Waals surface area (Å²) < 4.78 is 8.61. The van der Waals surface area contributed by atoms with Gasteiger partial charge in [-0.25, -0.2) is 4.68 Å². The predicted molar refractivity (Wildman–Crippen MR) is 104 cm³/mol. The second-order valence-corrected chi connectivity index (χ2v) is 7.69. The van der Waals surface area contributed by atoms with Gasteiger partial charge in [0.25, 0.3) is 0 Å². The standard InChI is InChI=1S/C19H20ClN3OS/c1-2-24-15-9-4-3-8-14(15)23-19-13(7-5-6-12-21-19)18(22-23)16-10-11-17(20)25-16/h3-4,8-11,21H,2,5-7,12H2,1H3. The normalized spacial score (nSPS) is 13.8. The van der Waals surface area contributed by atoms with Crippen LogP contribution in [0.1, 0.15) is 25.3 Å². The molecule has 4 rings (SSSR count). The number of nitrogens with zero attached hydrogens (tertiary/aromatic N) is 2. The van der Waals surface area contributed by atoms with Crippen molar-refractivity contribution in [3.63, 3.8) is 0 Å². The van der Waals surface area contributed by atoms with Crippen molar-refractivity contribution in [2.45, 2.75) is 26.2 Å². The Labute approximate surface area is 156 Å². The fraction of sp³-hybridized carbons (Fsp3) is 0.316. The van der Waals surface area contributed by atoms with Crippen molar-refractivity contribution in [1.29, 1.82) is 0 Å². The minimum atomic E-state index is 0.626. The number of hydrogen-bond acceptors (Lipinski definition) is 4. The van der Waals surface area contributed by atoms with Gasteiger partial charge in [0.15, 0.2) is 0 Å². The maximum atomic E-state index is 6.16. The molecule has 1 aromatic carbocycles. The molecule has 0 aliphatic carbocycles. The van der Waals surface area contributed by atoms with Gasteiger partial charge >= 0.3 is 0 Å². The fourth-order valence-electron chi connectivity index (χ4n) is 3.23. The van der Waals surface area contributed by atoms with E-state index >= 15 is 0 Å². The second-order valence-electron chi connectivity index (χ2n) is 5.98. The predicted octanol–water partition coefficient (Wildman–Crippen LogP) is 5.40. The third-order valence-electron chi connectivity index (χ3n) is 4.33. The van der Waals surface area contributed by atoms with Crippen LogP contribution in [0, 0.1) is 0 Å². The van der Waals surface area contributed by atoms with Crippen molar-refractivity contribution in [2.75, 3.05) is 18.5 Å². The van der Waals surface area contributed by atoms with E-state index < -0.39 is 0 Å². The van der Waals surface area contributed by atoms with Gasteiger partial charge in [-0.3, -0.25) is 0 Å². The first kappa shape index (κ1) is 16.5. The highest BCUT2D eigenvalue weighted by atomic mass is 35.5. The summed E-state index contributed by atoms with van der Waals surface area (Å²) >= 11 is 7.74.